The molecule has 0 fully saturated rings. The fourth-order valence-corrected chi connectivity index (χ4v) is 1.51. The molecule has 4 nitrogen and oxygen atoms in total. The van der Waals surface area contributed by atoms with Crippen molar-refractivity contribution in [2.75, 3.05) is 0 Å². The first-order valence-electron chi connectivity index (χ1n) is 4.07. The van der Waals surface area contributed by atoms with Gasteiger partial charge in [0.15, 0.2) is 0 Å². The Morgan fingerprint density at radius 1 is 1.57 bits per heavy atom. The highest BCUT2D eigenvalue weighted by atomic mass is 35.5. The predicted molar refractivity (Wildman–Crippen MR) is 54.0 cm³/mol. The molecule has 2 rings (SSSR count). The average molecular weight is 210 g/mol. The summed E-state index contributed by atoms with van der Waals surface area (Å²) in [4.78, 5) is 10.7. The predicted octanol–water partition coefficient (Wildman–Crippen LogP) is 1.24. The van der Waals surface area contributed by atoms with Gasteiger partial charge in [0, 0.05) is 10.4 Å². The van der Waals surface area contributed by atoms with Crippen molar-refractivity contribution in [1.82, 2.24) is 10.2 Å². The van der Waals surface area contributed by atoms with Gasteiger partial charge in [0.25, 0.3) is 0 Å². The molecule has 1 heterocycles. The first-order chi connectivity index (χ1) is 6.66. The van der Waals surface area contributed by atoms with Crippen LogP contribution in [0.15, 0.2) is 18.2 Å². The van der Waals surface area contributed by atoms with E-state index in [0.717, 1.165) is 10.9 Å². The van der Waals surface area contributed by atoms with Crippen LogP contribution in [0.1, 0.15) is 5.69 Å². The summed E-state index contributed by atoms with van der Waals surface area (Å²) < 4.78 is 0. The van der Waals surface area contributed by atoms with Crippen LogP contribution in [0.2, 0.25) is 5.02 Å². The number of primary amides is 1. The zero-order chi connectivity index (χ0) is 10.1. The third-order valence-corrected chi connectivity index (χ3v) is 2.18. The van der Waals surface area contributed by atoms with E-state index in [2.05, 4.69) is 10.2 Å². The molecule has 0 bridgehead atoms. The molecule has 1 aromatic carbocycles. The third-order valence-electron chi connectivity index (χ3n) is 1.95. The van der Waals surface area contributed by atoms with E-state index < -0.39 is 5.91 Å². The van der Waals surface area contributed by atoms with Crippen molar-refractivity contribution in [3.63, 3.8) is 0 Å². The highest BCUT2D eigenvalue weighted by molar-refractivity contribution is 6.31. The second-order valence-corrected chi connectivity index (χ2v) is 3.44. The zero-order valence-corrected chi connectivity index (χ0v) is 8.01. The molecule has 0 unspecified atom stereocenters. The number of nitrogens with zero attached hydrogens (tertiary/aromatic N) is 1. The summed E-state index contributed by atoms with van der Waals surface area (Å²) >= 11 is 5.83. The van der Waals surface area contributed by atoms with Crippen LogP contribution in [-0.2, 0) is 11.2 Å². The quantitative estimate of drug-likeness (QED) is 0.781. The van der Waals surface area contributed by atoms with Crippen molar-refractivity contribution >= 4 is 28.4 Å². The molecule has 0 atom stereocenters. The molecule has 0 aliphatic carbocycles. The Morgan fingerprint density at radius 2 is 2.36 bits per heavy atom. The molecule has 0 radical (unpaired) electrons. The number of hydrogen-bond acceptors (Lipinski definition) is 2. The molecule has 14 heavy (non-hydrogen) atoms. The largest absolute Gasteiger partial charge is 0.369 e. The molecule has 2 aromatic rings. The number of aromatic amines is 1. The lowest BCUT2D eigenvalue weighted by molar-refractivity contribution is -0.117. The van der Waals surface area contributed by atoms with Gasteiger partial charge in [0.05, 0.1) is 17.6 Å². The number of aromatic nitrogens is 2. The number of halogens is 1. The zero-order valence-electron chi connectivity index (χ0n) is 7.25. The van der Waals surface area contributed by atoms with E-state index in [-0.39, 0.29) is 6.42 Å². The van der Waals surface area contributed by atoms with Gasteiger partial charge in [-0.3, -0.25) is 9.89 Å². The van der Waals surface area contributed by atoms with Crippen molar-refractivity contribution in [2.24, 2.45) is 5.73 Å². The van der Waals surface area contributed by atoms with Gasteiger partial charge in [-0.2, -0.15) is 5.10 Å². The smallest absolute Gasteiger partial charge is 0.223 e. The summed E-state index contributed by atoms with van der Waals surface area (Å²) in [6.45, 7) is 0. The van der Waals surface area contributed by atoms with Gasteiger partial charge < -0.3 is 5.73 Å². The number of benzene rings is 1. The minimum atomic E-state index is -0.404. The Labute approximate surface area is 85.0 Å². The summed E-state index contributed by atoms with van der Waals surface area (Å²) in [6.07, 6.45) is 0.125. The number of rotatable bonds is 2. The van der Waals surface area contributed by atoms with E-state index in [0.29, 0.717) is 10.7 Å². The number of H-pyrrole nitrogens is 1. The molecule has 0 spiro atoms. The van der Waals surface area contributed by atoms with Crippen LogP contribution < -0.4 is 5.73 Å². The molecular formula is C9H8ClN3O. The number of nitrogens with two attached hydrogens (primary N) is 1. The number of amides is 1. The van der Waals surface area contributed by atoms with Crippen LogP contribution in [0.3, 0.4) is 0 Å². The number of nitrogens with one attached hydrogen (secondary N) is 1. The lowest BCUT2D eigenvalue weighted by Gasteiger charge is -1.93. The van der Waals surface area contributed by atoms with Crippen LogP contribution >= 0.6 is 11.6 Å². The van der Waals surface area contributed by atoms with Crippen LogP contribution in [0.25, 0.3) is 10.9 Å². The first kappa shape index (κ1) is 9.02. The van der Waals surface area contributed by atoms with E-state index in [1.54, 1.807) is 12.1 Å². The maximum absolute atomic E-state index is 10.7. The monoisotopic (exact) mass is 209 g/mol. The van der Waals surface area contributed by atoms with Crippen LogP contribution in [0.5, 0.6) is 0 Å². The molecule has 0 aliphatic rings. The Bertz CT molecular complexity index is 492. The molecule has 0 saturated heterocycles. The Hall–Kier alpha value is -1.55. The lowest BCUT2D eigenvalue weighted by Crippen LogP contribution is -2.13. The summed E-state index contributed by atoms with van der Waals surface area (Å²) in [5.74, 6) is -0.404. The number of carbonyl (C=O) groups is 1. The van der Waals surface area contributed by atoms with Crippen molar-refractivity contribution in [2.45, 2.75) is 6.42 Å². The summed E-state index contributed by atoms with van der Waals surface area (Å²) in [5, 5.41) is 8.26. The normalized spacial score (nSPS) is 10.6. The van der Waals surface area contributed by atoms with Crippen molar-refractivity contribution in [3.8, 4) is 0 Å². The highest BCUT2D eigenvalue weighted by Gasteiger charge is 2.08. The average Bonchev–Trinajstić information content (AvgIpc) is 2.47. The van der Waals surface area contributed by atoms with Gasteiger partial charge in [-0.25, -0.2) is 0 Å². The maximum atomic E-state index is 10.7. The fraction of sp³-hybridized carbons (Fsp3) is 0.111. The minimum Gasteiger partial charge on any atom is -0.369 e. The standard InChI is InChI=1S/C9H8ClN3O/c10-5-1-2-7-6(3-5)8(13-12-7)4-9(11)14/h1-3H,4H2,(H2,11,14)(H,12,13). The second kappa shape index (κ2) is 3.31. The van der Waals surface area contributed by atoms with Crippen LogP contribution in [-0.4, -0.2) is 16.1 Å². The maximum Gasteiger partial charge on any atom is 0.223 e. The molecule has 0 aliphatic heterocycles. The Balaban J connectivity index is 2.55. The SMILES string of the molecule is NC(=O)Cc1n[nH]c2ccc(Cl)cc12. The molecule has 0 saturated carbocycles. The molecule has 3 N–H and O–H groups in total. The summed E-state index contributed by atoms with van der Waals surface area (Å²) in [7, 11) is 0. The summed E-state index contributed by atoms with van der Waals surface area (Å²) in [5.41, 5.74) is 6.57. The molecule has 1 aromatic heterocycles. The van der Waals surface area contributed by atoms with Gasteiger partial charge in [-0.15, -0.1) is 0 Å². The number of hydrogen-bond donors (Lipinski definition) is 2. The van der Waals surface area contributed by atoms with Gasteiger partial charge >= 0.3 is 0 Å². The molecular weight excluding hydrogens is 202 g/mol. The fourth-order valence-electron chi connectivity index (χ4n) is 1.34. The molecule has 72 valence electrons. The third kappa shape index (κ3) is 1.56. The van der Waals surface area contributed by atoms with E-state index >= 15 is 0 Å². The van der Waals surface area contributed by atoms with Crippen molar-refractivity contribution in [1.29, 1.82) is 0 Å². The minimum absolute atomic E-state index is 0.125. The van der Waals surface area contributed by atoms with Crippen molar-refractivity contribution in [3.05, 3.63) is 28.9 Å². The van der Waals surface area contributed by atoms with E-state index in [4.69, 9.17) is 17.3 Å². The topological polar surface area (TPSA) is 71.8 Å². The second-order valence-electron chi connectivity index (χ2n) is 3.00. The van der Waals surface area contributed by atoms with Gasteiger partial charge in [0.2, 0.25) is 5.91 Å². The first-order valence-corrected chi connectivity index (χ1v) is 4.45. The Kier molecular flexibility index (Phi) is 2.13. The van der Waals surface area contributed by atoms with Crippen molar-refractivity contribution < 1.29 is 4.79 Å². The highest BCUT2D eigenvalue weighted by Crippen LogP contribution is 2.20. The molecule has 1 amide bonds. The van der Waals surface area contributed by atoms with E-state index in [9.17, 15) is 4.79 Å². The van der Waals surface area contributed by atoms with Gasteiger partial charge in [-0.05, 0) is 18.2 Å². The molecule has 5 heteroatoms. The van der Waals surface area contributed by atoms with Gasteiger partial charge in [0.1, 0.15) is 0 Å². The Morgan fingerprint density at radius 3 is 3.07 bits per heavy atom. The van der Waals surface area contributed by atoms with E-state index in [1.165, 1.54) is 0 Å². The number of carbonyl (C=O) groups excluding carboxylic acids is 1. The summed E-state index contributed by atoms with van der Waals surface area (Å²) in [6, 6.07) is 5.34. The number of fused-ring (bicyclic) bond motifs is 1. The van der Waals surface area contributed by atoms with Gasteiger partial charge in [-0.1, -0.05) is 11.6 Å². The van der Waals surface area contributed by atoms with Crippen LogP contribution in [0, 0.1) is 0 Å². The lowest BCUT2D eigenvalue weighted by atomic mass is 10.1. The van der Waals surface area contributed by atoms with E-state index in [1.807, 2.05) is 6.07 Å². The van der Waals surface area contributed by atoms with Crippen LogP contribution in [0.4, 0.5) is 0 Å².